The van der Waals surface area contributed by atoms with E-state index in [-0.39, 0.29) is 5.57 Å². The number of imidazole rings is 1. The molecule has 3 heterocycles. The predicted molar refractivity (Wildman–Crippen MR) is 98.0 cm³/mol. The van der Waals surface area contributed by atoms with Crippen LogP contribution in [0, 0.1) is 0 Å². The third kappa shape index (κ3) is 2.80. The number of benzene rings is 1. The van der Waals surface area contributed by atoms with E-state index in [2.05, 4.69) is 31.5 Å². The Balaban J connectivity index is 1.93. The van der Waals surface area contributed by atoms with Crippen molar-refractivity contribution < 1.29 is 14.4 Å². The largest absolute Gasteiger partial charge is 0.328 e. The Morgan fingerprint density at radius 1 is 0.962 bits per heavy atom. The minimum Gasteiger partial charge on any atom is -0.300 e. The summed E-state index contributed by atoms with van der Waals surface area (Å²) < 4.78 is 2.70. The van der Waals surface area contributed by atoms with Crippen molar-refractivity contribution in [2.45, 2.75) is 0 Å². The molecule has 128 valence electrons. The third-order valence-corrected chi connectivity index (χ3v) is 4.44. The number of halogens is 1. The Morgan fingerprint density at radius 3 is 2.35 bits per heavy atom. The highest BCUT2D eigenvalue weighted by Crippen LogP contribution is 2.28. The van der Waals surface area contributed by atoms with Crippen molar-refractivity contribution in [1.82, 2.24) is 20.0 Å². The van der Waals surface area contributed by atoms with Crippen LogP contribution in [0.2, 0.25) is 0 Å². The monoisotopic (exact) mass is 410 g/mol. The van der Waals surface area contributed by atoms with E-state index in [0.29, 0.717) is 17.0 Å². The van der Waals surface area contributed by atoms with Crippen LogP contribution in [0.3, 0.4) is 0 Å². The fourth-order valence-electron chi connectivity index (χ4n) is 2.72. The van der Waals surface area contributed by atoms with Gasteiger partial charge in [-0.25, -0.2) is 9.78 Å². The Bertz CT molecular complexity index is 1080. The van der Waals surface area contributed by atoms with E-state index in [4.69, 9.17) is 0 Å². The van der Waals surface area contributed by atoms with Gasteiger partial charge < -0.3 is 0 Å². The van der Waals surface area contributed by atoms with Crippen molar-refractivity contribution >= 4 is 45.5 Å². The van der Waals surface area contributed by atoms with Crippen LogP contribution >= 0.6 is 15.9 Å². The standard InChI is InChI=1S/C18H11BrN4O3/c19-11-6-4-10(5-7-11)15-13(23-8-2-1-3-14(23)20-15)9-12-16(24)21-18(26)22-17(12)25/h1-9H,(H2,21,22,24,25,26). The van der Waals surface area contributed by atoms with Crippen LogP contribution in [0.4, 0.5) is 4.79 Å². The predicted octanol–water partition coefficient (Wildman–Crippen LogP) is 2.51. The van der Waals surface area contributed by atoms with Gasteiger partial charge in [0.05, 0.1) is 11.4 Å². The molecule has 1 fully saturated rings. The van der Waals surface area contributed by atoms with E-state index in [9.17, 15) is 14.4 Å². The average molecular weight is 411 g/mol. The molecule has 26 heavy (non-hydrogen) atoms. The fourth-order valence-corrected chi connectivity index (χ4v) is 2.98. The molecule has 0 saturated carbocycles. The van der Waals surface area contributed by atoms with E-state index in [1.165, 1.54) is 6.08 Å². The second-order valence-corrected chi connectivity index (χ2v) is 6.49. The first kappa shape index (κ1) is 16.2. The lowest BCUT2D eigenvalue weighted by Crippen LogP contribution is -2.51. The molecule has 1 aliphatic heterocycles. The summed E-state index contributed by atoms with van der Waals surface area (Å²) in [5.74, 6) is -1.49. The molecule has 0 atom stereocenters. The number of carbonyl (C=O) groups excluding carboxylic acids is 3. The maximum Gasteiger partial charge on any atom is 0.328 e. The first-order chi connectivity index (χ1) is 12.5. The molecule has 1 aliphatic rings. The van der Waals surface area contributed by atoms with Crippen LogP contribution in [0.25, 0.3) is 23.0 Å². The number of rotatable bonds is 2. The van der Waals surface area contributed by atoms with Gasteiger partial charge in [-0.2, -0.15) is 0 Å². The van der Waals surface area contributed by atoms with Gasteiger partial charge in [0.15, 0.2) is 0 Å². The van der Waals surface area contributed by atoms with Gasteiger partial charge in [0, 0.05) is 16.2 Å². The summed E-state index contributed by atoms with van der Waals surface area (Å²) in [4.78, 5) is 40.0. The number of urea groups is 1. The van der Waals surface area contributed by atoms with Gasteiger partial charge >= 0.3 is 6.03 Å². The second-order valence-electron chi connectivity index (χ2n) is 5.58. The Labute approximate surface area is 155 Å². The van der Waals surface area contributed by atoms with Crippen LogP contribution in [0.15, 0.2) is 58.7 Å². The van der Waals surface area contributed by atoms with E-state index in [1.807, 2.05) is 42.5 Å². The third-order valence-electron chi connectivity index (χ3n) is 3.91. The molecule has 2 aromatic heterocycles. The topological polar surface area (TPSA) is 92.6 Å². The molecule has 1 aromatic carbocycles. The molecule has 3 aromatic rings. The first-order valence-electron chi connectivity index (χ1n) is 7.64. The quantitative estimate of drug-likeness (QED) is 0.501. The molecule has 7 nitrogen and oxygen atoms in total. The molecule has 0 aliphatic carbocycles. The lowest BCUT2D eigenvalue weighted by Gasteiger charge is -2.14. The molecular weight excluding hydrogens is 400 g/mol. The Hall–Kier alpha value is -3.26. The minimum atomic E-state index is -0.830. The van der Waals surface area contributed by atoms with E-state index in [1.54, 1.807) is 10.6 Å². The van der Waals surface area contributed by atoms with Crippen molar-refractivity contribution in [2.24, 2.45) is 0 Å². The molecule has 0 bridgehead atoms. The number of aromatic nitrogens is 2. The molecule has 4 amide bonds. The van der Waals surface area contributed by atoms with E-state index in [0.717, 1.165) is 10.0 Å². The molecule has 4 rings (SSSR count). The summed E-state index contributed by atoms with van der Waals surface area (Å²) in [6.45, 7) is 0. The van der Waals surface area contributed by atoms with E-state index < -0.39 is 17.8 Å². The van der Waals surface area contributed by atoms with Crippen molar-refractivity contribution in [3.05, 3.63) is 64.4 Å². The lowest BCUT2D eigenvalue weighted by atomic mass is 10.1. The summed E-state index contributed by atoms with van der Waals surface area (Å²) in [7, 11) is 0. The summed E-state index contributed by atoms with van der Waals surface area (Å²) >= 11 is 3.40. The summed E-state index contributed by atoms with van der Waals surface area (Å²) in [6, 6.07) is 12.2. The number of nitrogens with one attached hydrogen (secondary N) is 2. The minimum absolute atomic E-state index is 0.159. The number of hydrogen-bond acceptors (Lipinski definition) is 4. The molecule has 1 saturated heterocycles. The molecule has 0 unspecified atom stereocenters. The molecule has 0 spiro atoms. The van der Waals surface area contributed by atoms with Gasteiger partial charge in [0.2, 0.25) is 0 Å². The molecule has 8 heteroatoms. The van der Waals surface area contributed by atoms with Crippen LogP contribution in [0.1, 0.15) is 5.69 Å². The van der Waals surface area contributed by atoms with Crippen molar-refractivity contribution in [3.63, 3.8) is 0 Å². The highest BCUT2D eigenvalue weighted by molar-refractivity contribution is 9.10. The Kier molecular flexibility index (Phi) is 3.89. The number of imide groups is 2. The second kappa shape index (κ2) is 6.23. The van der Waals surface area contributed by atoms with Crippen molar-refractivity contribution in [3.8, 4) is 11.3 Å². The zero-order valence-corrected chi connectivity index (χ0v) is 14.8. The van der Waals surface area contributed by atoms with Crippen molar-refractivity contribution in [1.29, 1.82) is 0 Å². The zero-order valence-electron chi connectivity index (χ0n) is 13.2. The van der Waals surface area contributed by atoms with Gasteiger partial charge in [0.25, 0.3) is 11.8 Å². The van der Waals surface area contributed by atoms with Gasteiger partial charge in [-0.1, -0.05) is 34.1 Å². The normalized spacial score (nSPS) is 14.3. The van der Waals surface area contributed by atoms with Gasteiger partial charge in [-0.3, -0.25) is 24.6 Å². The van der Waals surface area contributed by atoms with Crippen molar-refractivity contribution in [2.75, 3.05) is 0 Å². The first-order valence-corrected chi connectivity index (χ1v) is 8.43. The summed E-state index contributed by atoms with van der Waals surface area (Å²) in [5, 5.41) is 4.15. The number of nitrogens with zero attached hydrogens (tertiary/aromatic N) is 2. The van der Waals surface area contributed by atoms with E-state index >= 15 is 0 Å². The van der Waals surface area contributed by atoms with Crippen LogP contribution in [-0.4, -0.2) is 27.2 Å². The Morgan fingerprint density at radius 2 is 1.65 bits per heavy atom. The number of barbiturate groups is 1. The number of hydrogen-bond donors (Lipinski definition) is 2. The average Bonchev–Trinajstić information content (AvgIpc) is 2.97. The number of amides is 4. The summed E-state index contributed by atoms with van der Waals surface area (Å²) in [6.07, 6.45) is 3.23. The zero-order chi connectivity index (χ0) is 18.3. The fraction of sp³-hybridized carbons (Fsp3) is 0. The molecule has 2 N–H and O–H groups in total. The maximum atomic E-state index is 12.1. The molecular formula is C18H11BrN4O3. The lowest BCUT2D eigenvalue weighted by molar-refractivity contribution is -0.123. The number of carbonyl (C=O) groups is 3. The molecule has 0 radical (unpaired) electrons. The number of pyridine rings is 1. The van der Waals surface area contributed by atoms with Crippen LogP contribution < -0.4 is 10.6 Å². The van der Waals surface area contributed by atoms with Gasteiger partial charge in [0.1, 0.15) is 11.2 Å². The summed E-state index contributed by atoms with van der Waals surface area (Å²) in [5.41, 5.74) is 2.53. The smallest absolute Gasteiger partial charge is 0.300 e. The highest BCUT2D eigenvalue weighted by Gasteiger charge is 2.28. The number of fused-ring (bicyclic) bond motifs is 1. The maximum absolute atomic E-state index is 12.1. The van der Waals surface area contributed by atoms with Gasteiger partial charge in [-0.15, -0.1) is 0 Å². The van der Waals surface area contributed by atoms with Crippen LogP contribution in [-0.2, 0) is 9.59 Å². The van der Waals surface area contributed by atoms with Gasteiger partial charge in [-0.05, 0) is 30.3 Å². The SMILES string of the molecule is O=C1NC(=O)C(=Cc2c(-c3ccc(Br)cc3)nc3ccccn23)C(=O)N1. The highest BCUT2D eigenvalue weighted by atomic mass is 79.9. The van der Waals surface area contributed by atoms with Crippen LogP contribution in [0.5, 0.6) is 0 Å².